The molecule has 0 N–H and O–H groups in total. The highest BCUT2D eigenvalue weighted by Crippen LogP contribution is 2.55. The summed E-state index contributed by atoms with van der Waals surface area (Å²) in [7, 11) is -2.03. The van der Waals surface area contributed by atoms with Crippen LogP contribution in [0.4, 0.5) is 28.4 Å². The van der Waals surface area contributed by atoms with E-state index in [0.29, 0.717) is 0 Å². The van der Waals surface area contributed by atoms with E-state index >= 15 is 0 Å². The molecule has 0 aliphatic carbocycles. The van der Waals surface area contributed by atoms with E-state index in [2.05, 4.69) is 163 Å². The maximum Gasteiger partial charge on any atom is 0.333 e. The summed E-state index contributed by atoms with van der Waals surface area (Å²) in [5.41, 5.74) is 13.0. The molecule has 49 heavy (non-hydrogen) atoms. The Kier molecular flexibility index (Phi) is 5.50. The van der Waals surface area contributed by atoms with Crippen LogP contribution in [0.5, 0.6) is 11.5 Å². The molecule has 0 radical (unpaired) electrons. The number of anilines is 5. The number of para-hydroxylation sites is 4. The first-order chi connectivity index (χ1) is 24.0. The van der Waals surface area contributed by atoms with Crippen molar-refractivity contribution in [1.82, 2.24) is 0 Å². The zero-order valence-electron chi connectivity index (χ0n) is 27.5. The van der Waals surface area contributed by atoms with Gasteiger partial charge in [0.1, 0.15) is 19.6 Å². The second-order valence-electron chi connectivity index (χ2n) is 14.2. The molecule has 0 fully saturated rings. The fourth-order valence-electron chi connectivity index (χ4n) is 8.96. The van der Waals surface area contributed by atoms with Crippen LogP contribution >= 0.6 is 11.8 Å². The van der Waals surface area contributed by atoms with Crippen molar-refractivity contribution in [2.24, 2.45) is 0 Å². The fourth-order valence-corrected chi connectivity index (χ4v) is 12.9. The summed E-state index contributed by atoms with van der Waals surface area (Å²) in [4.78, 5) is 7.58. The number of hydrogen-bond donors (Lipinski definition) is 0. The average Bonchev–Trinajstić information content (AvgIpc) is 3.13. The number of hydrogen-bond acceptors (Lipinski definition) is 4. The van der Waals surface area contributed by atoms with Crippen molar-refractivity contribution in [3.63, 3.8) is 0 Å². The summed E-state index contributed by atoms with van der Waals surface area (Å²) in [6.07, 6.45) is 0. The third-order valence-electron chi connectivity index (χ3n) is 11.2. The van der Waals surface area contributed by atoms with Gasteiger partial charge in [-0.3, -0.25) is 0 Å². The minimum absolute atomic E-state index is 0.00989. The van der Waals surface area contributed by atoms with Crippen molar-refractivity contribution in [2.45, 2.75) is 29.8 Å². The van der Waals surface area contributed by atoms with Crippen molar-refractivity contribution >= 4 is 87.2 Å². The topological polar surface area (TPSA) is 15.7 Å². The normalized spacial score (nSPS) is 15.4. The van der Waals surface area contributed by atoms with Gasteiger partial charge >= 0.3 is 6.85 Å². The molecule has 0 saturated heterocycles. The second-order valence-corrected chi connectivity index (χ2v) is 19.6. The highest BCUT2D eigenvalue weighted by molar-refractivity contribution is 7.99. The highest BCUT2D eigenvalue weighted by Gasteiger charge is 2.50. The minimum atomic E-state index is -2.03. The first kappa shape index (κ1) is 27.7. The maximum atomic E-state index is 6.66. The first-order valence-corrected chi connectivity index (χ1v) is 20.9. The first-order valence-electron chi connectivity index (χ1n) is 17.1. The van der Waals surface area contributed by atoms with Gasteiger partial charge in [0.2, 0.25) is 0 Å². The molecule has 3 nitrogen and oxygen atoms in total. The van der Waals surface area contributed by atoms with Crippen LogP contribution in [0.1, 0.15) is 5.56 Å². The van der Waals surface area contributed by atoms with Gasteiger partial charge in [-0.2, -0.15) is 0 Å². The largest absolute Gasteiger partial charge is 0.455 e. The maximum absolute atomic E-state index is 6.66. The quantitative estimate of drug-likeness (QED) is 0.163. The van der Waals surface area contributed by atoms with E-state index in [4.69, 9.17) is 4.74 Å². The number of nitrogens with zero attached hydrogens (tertiary/aromatic N) is 2. The molecule has 4 aliphatic rings. The zero-order valence-corrected chi connectivity index (χ0v) is 29.3. The minimum Gasteiger partial charge on any atom is -0.455 e. The lowest BCUT2D eigenvalue weighted by Crippen LogP contribution is -2.67. The molecule has 6 heteroatoms. The molecule has 0 atom stereocenters. The summed E-state index contributed by atoms with van der Waals surface area (Å²) in [6.45, 7) is 7.29. The predicted molar refractivity (Wildman–Crippen MR) is 210 cm³/mol. The van der Waals surface area contributed by atoms with E-state index in [9.17, 15) is 0 Å². The summed E-state index contributed by atoms with van der Waals surface area (Å²) >= 11 is 1.81. The van der Waals surface area contributed by atoms with Gasteiger partial charge in [0, 0.05) is 33.7 Å². The molecule has 4 aliphatic heterocycles. The van der Waals surface area contributed by atoms with Crippen molar-refractivity contribution in [1.29, 1.82) is 0 Å². The van der Waals surface area contributed by atoms with Crippen LogP contribution in [0.2, 0.25) is 13.1 Å². The lowest BCUT2D eigenvalue weighted by molar-refractivity contribution is 0.455. The van der Waals surface area contributed by atoms with Gasteiger partial charge in [-0.15, -0.1) is 0 Å². The summed E-state index contributed by atoms with van der Waals surface area (Å²) in [5, 5.41) is 5.54. The molecule has 0 aromatic heterocycles. The predicted octanol–water partition coefficient (Wildman–Crippen LogP) is 9.25. The second kappa shape index (κ2) is 9.72. The number of fused-ring (bicyclic) bond motifs is 10. The molecular formula is C43H31BN2OSSi. The summed E-state index contributed by atoms with van der Waals surface area (Å²) < 4.78 is 6.66. The van der Waals surface area contributed by atoms with Crippen LogP contribution in [0.15, 0.2) is 143 Å². The Morgan fingerprint density at radius 2 is 1.37 bits per heavy atom. The SMILES string of the molecule is Cc1ccccc1N1B2c3cccc4c3N(c3ccccc3[Si]4(C)C)c3c2c(cc2ccccc32)-c2cc3c(cc21)Sc1ccccc1O3. The van der Waals surface area contributed by atoms with E-state index in [0.717, 1.165) is 21.3 Å². The standard InChI is InChI=1S/C43H31BN2OSSi/c1-26-13-4-7-17-32(26)46-34-25-38-36(47-35-19-9-10-20-37(35)48-38)24-29(34)30-23-27-14-5-6-15-28(27)42-41(30)44(46)31-16-12-22-40-43(31)45(42)33-18-8-11-21-39(33)49(40,2)3/h4-25H,1-3H3. The molecule has 232 valence electrons. The van der Waals surface area contributed by atoms with Gasteiger partial charge in [0.15, 0.2) is 0 Å². The van der Waals surface area contributed by atoms with Crippen LogP contribution in [-0.2, 0) is 0 Å². The molecule has 7 aromatic carbocycles. The van der Waals surface area contributed by atoms with Crippen LogP contribution < -0.4 is 35.7 Å². The number of rotatable bonds is 1. The molecular weight excluding hydrogens is 631 g/mol. The van der Waals surface area contributed by atoms with Crippen LogP contribution in [0, 0.1) is 6.92 Å². The third-order valence-corrected chi connectivity index (χ3v) is 15.8. The number of ether oxygens (including phenoxy) is 1. The lowest BCUT2D eigenvalue weighted by Gasteiger charge is -2.50. The Morgan fingerprint density at radius 3 is 2.27 bits per heavy atom. The number of aryl methyl sites for hydroxylation is 1. The summed E-state index contributed by atoms with van der Waals surface area (Å²) in [5.74, 6) is 1.84. The Hall–Kier alpha value is -5.17. The fraction of sp³-hybridized carbons (Fsp3) is 0.0698. The van der Waals surface area contributed by atoms with Gasteiger partial charge in [-0.25, -0.2) is 0 Å². The van der Waals surface area contributed by atoms with Crippen molar-refractivity contribution < 1.29 is 4.74 Å². The lowest BCUT2D eigenvalue weighted by atomic mass is 9.43. The van der Waals surface area contributed by atoms with Gasteiger partial charge in [-0.05, 0) is 87.2 Å². The molecule has 0 bridgehead atoms. The summed E-state index contributed by atoms with van der Waals surface area (Å²) in [6, 6.07) is 49.7. The highest BCUT2D eigenvalue weighted by atomic mass is 32.2. The van der Waals surface area contributed by atoms with Crippen molar-refractivity contribution in [3.8, 4) is 22.6 Å². The Morgan fingerprint density at radius 1 is 0.612 bits per heavy atom. The van der Waals surface area contributed by atoms with Crippen LogP contribution in [0.3, 0.4) is 0 Å². The monoisotopic (exact) mass is 662 g/mol. The number of benzene rings is 7. The Labute approximate surface area is 291 Å². The van der Waals surface area contributed by atoms with Gasteiger partial charge in [0.05, 0.1) is 15.5 Å². The smallest absolute Gasteiger partial charge is 0.333 e. The van der Waals surface area contributed by atoms with E-state index in [1.807, 2.05) is 0 Å². The molecule has 11 rings (SSSR count). The Balaban J connectivity index is 1.31. The van der Waals surface area contributed by atoms with Crippen LogP contribution in [-0.4, -0.2) is 14.9 Å². The van der Waals surface area contributed by atoms with E-state index < -0.39 is 8.07 Å². The van der Waals surface area contributed by atoms with Gasteiger partial charge < -0.3 is 14.4 Å². The average molecular weight is 663 g/mol. The molecule has 0 amide bonds. The van der Waals surface area contributed by atoms with E-state index in [1.54, 1.807) is 11.8 Å². The van der Waals surface area contributed by atoms with Crippen molar-refractivity contribution in [3.05, 3.63) is 139 Å². The third kappa shape index (κ3) is 3.60. The van der Waals surface area contributed by atoms with E-state index in [-0.39, 0.29) is 6.85 Å². The van der Waals surface area contributed by atoms with Gasteiger partial charge in [-0.1, -0.05) is 116 Å². The molecule has 0 unspecified atom stereocenters. The van der Waals surface area contributed by atoms with Crippen molar-refractivity contribution in [2.75, 3.05) is 9.71 Å². The molecule has 7 aromatic rings. The van der Waals surface area contributed by atoms with Crippen LogP contribution in [0.25, 0.3) is 21.9 Å². The molecule has 0 saturated carbocycles. The molecule has 4 heterocycles. The van der Waals surface area contributed by atoms with E-state index in [1.165, 1.54) is 77.2 Å². The Bertz CT molecular complexity index is 2600. The molecule has 0 spiro atoms. The zero-order chi connectivity index (χ0) is 32.6. The van der Waals surface area contributed by atoms with Gasteiger partial charge in [0.25, 0.3) is 0 Å².